The van der Waals surface area contributed by atoms with E-state index in [9.17, 15) is 0 Å². The Morgan fingerprint density at radius 2 is 2.04 bits per heavy atom. The van der Waals surface area contributed by atoms with Crippen molar-refractivity contribution >= 4 is 0 Å². The first-order chi connectivity index (χ1) is 11.8. The predicted molar refractivity (Wildman–Crippen MR) is 85.0 cm³/mol. The average Bonchev–Trinajstić information content (AvgIpc) is 3.29. The van der Waals surface area contributed by atoms with Crippen molar-refractivity contribution in [3.05, 3.63) is 48.2 Å². The van der Waals surface area contributed by atoms with Gasteiger partial charge in [0.1, 0.15) is 17.2 Å². The molecule has 7 heteroatoms. The zero-order chi connectivity index (χ0) is 16.5. The molecule has 2 heterocycles. The van der Waals surface area contributed by atoms with E-state index in [0.717, 1.165) is 23.5 Å². The monoisotopic (exact) mass is 324 g/mol. The SMILES string of the molecule is COc1ccc(OC)c([C@@H]2C[C@H]2c2nc(-c3cnccn3)no2)c1. The minimum absolute atomic E-state index is 0.184. The molecule has 0 aliphatic heterocycles. The van der Waals surface area contributed by atoms with E-state index < -0.39 is 0 Å². The minimum atomic E-state index is 0.184. The van der Waals surface area contributed by atoms with E-state index in [1.54, 1.807) is 32.8 Å². The summed E-state index contributed by atoms with van der Waals surface area (Å²) in [6, 6.07) is 5.81. The van der Waals surface area contributed by atoms with Crippen LogP contribution in [0.2, 0.25) is 0 Å². The number of aromatic nitrogens is 4. The molecule has 7 nitrogen and oxygen atoms in total. The lowest BCUT2D eigenvalue weighted by molar-refractivity contribution is 0.376. The molecule has 122 valence electrons. The molecule has 0 amide bonds. The third-order valence-corrected chi connectivity index (χ3v) is 4.18. The standard InChI is InChI=1S/C17H16N4O3/c1-22-10-3-4-15(23-2)12(7-10)11-8-13(11)17-20-16(21-24-17)14-9-18-5-6-19-14/h3-7,9,11,13H,8H2,1-2H3/t11-,13+/m0/s1. The second-order valence-electron chi connectivity index (χ2n) is 5.60. The third kappa shape index (κ3) is 2.58. The van der Waals surface area contributed by atoms with Crippen LogP contribution in [-0.4, -0.2) is 34.3 Å². The molecule has 1 aromatic carbocycles. The summed E-state index contributed by atoms with van der Waals surface area (Å²) in [5, 5.41) is 4.01. The van der Waals surface area contributed by atoms with Gasteiger partial charge in [-0.1, -0.05) is 5.16 Å². The molecular formula is C17H16N4O3. The van der Waals surface area contributed by atoms with Gasteiger partial charge in [0.15, 0.2) is 0 Å². The molecule has 0 saturated heterocycles. The van der Waals surface area contributed by atoms with Crippen molar-refractivity contribution in [3.63, 3.8) is 0 Å². The van der Waals surface area contributed by atoms with Gasteiger partial charge >= 0.3 is 0 Å². The first-order valence-electron chi connectivity index (χ1n) is 7.62. The fourth-order valence-electron chi connectivity index (χ4n) is 2.85. The lowest BCUT2D eigenvalue weighted by Crippen LogP contribution is -1.93. The van der Waals surface area contributed by atoms with Crippen LogP contribution >= 0.6 is 0 Å². The molecule has 0 bridgehead atoms. The van der Waals surface area contributed by atoms with E-state index in [1.165, 1.54) is 0 Å². The average molecular weight is 324 g/mol. The number of hydrogen-bond acceptors (Lipinski definition) is 7. The van der Waals surface area contributed by atoms with Crippen LogP contribution < -0.4 is 9.47 Å². The van der Waals surface area contributed by atoms with Crippen LogP contribution in [0.3, 0.4) is 0 Å². The maximum absolute atomic E-state index is 5.46. The van der Waals surface area contributed by atoms with Gasteiger partial charge in [-0.05, 0) is 24.6 Å². The van der Waals surface area contributed by atoms with E-state index >= 15 is 0 Å². The molecule has 24 heavy (non-hydrogen) atoms. The molecule has 2 atom stereocenters. The Morgan fingerprint density at radius 3 is 2.79 bits per heavy atom. The van der Waals surface area contributed by atoms with Crippen molar-refractivity contribution in [1.82, 2.24) is 20.1 Å². The Morgan fingerprint density at radius 1 is 1.12 bits per heavy atom. The second-order valence-corrected chi connectivity index (χ2v) is 5.60. The van der Waals surface area contributed by atoms with Gasteiger partial charge in [-0.15, -0.1) is 0 Å². The molecule has 2 aromatic heterocycles. The summed E-state index contributed by atoms with van der Waals surface area (Å²) >= 11 is 0. The van der Waals surface area contributed by atoms with Crippen molar-refractivity contribution in [1.29, 1.82) is 0 Å². The number of rotatable bonds is 5. The van der Waals surface area contributed by atoms with E-state index in [-0.39, 0.29) is 11.8 Å². The highest BCUT2D eigenvalue weighted by Gasteiger charge is 2.45. The van der Waals surface area contributed by atoms with Gasteiger partial charge in [-0.3, -0.25) is 4.98 Å². The Hall–Kier alpha value is -2.96. The van der Waals surface area contributed by atoms with Crippen LogP contribution in [0.1, 0.15) is 29.7 Å². The Labute approximate surface area is 138 Å². The molecule has 3 aromatic rings. The van der Waals surface area contributed by atoms with E-state index in [0.29, 0.717) is 17.4 Å². The highest BCUT2D eigenvalue weighted by atomic mass is 16.5. The minimum Gasteiger partial charge on any atom is -0.497 e. The second kappa shape index (κ2) is 5.92. The summed E-state index contributed by atoms with van der Waals surface area (Å²) in [7, 11) is 3.32. The van der Waals surface area contributed by atoms with Gasteiger partial charge < -0.3 is 14.0 Å². The smallest absolute Gasteiger partial charge is 0.230 e. The van der Waals surface area contributed by atoms with Crippen molar-refractivity contribution in [3.8, 4) is 23.0 Å². The zero-order valence-corrected chi connectivity index (χ0v) is 13.3. The van der Waals surface area contributed by atoms with Gasteiger partial charge in [0.05, 0.1) is 20.4 Å². The molecule has 1 aliphatic rings. The lowest BCUT2D eigenvalue weighted by atomic mass is 10.1. The van der Waals surface area contributed by atoms with Crippen LogP contribution in [-0.2, 0) is 0 Å². The Bertz CT molecular complexity index is 850. The fraction of sp³-hybridized carbons (Fsp3) is 0.294. The van der Waals surface area contributed by atoms with Gasteiger partial charge in [-0.25, -0.2) is 4.98 Å². The summed E-state index contributed by atoms with van der Waals surface area (Å²) in [6.07, 6.45) is 5.76. The van der Waals surface area contributed by atoms with E-state index in [4.69, 9.17) is 14.0 Å². The number of hydrogen-bond donors (Lipinski definition) is 0. The van der Waals surface area contributed by atoms with Crippen molar-refractivity contribution in [2.45, 2.75) is 18.3 Å². The van der Waals surface area contributed by atoms with Crippen LogP contribution in [0.4, 0.5) is 0 Å². The molecule has 1 aliphatic carbocycles. The summed E-state index contributed by atoms with van der Waals surface area (Å²) in [6.45, 7) is 0. The molecule has 1 saturated carbocycles. The quantitative estimate of drug-likeness (QED) is 0.713. The first-order valence-corrected chi connectivity index (χ1v) is 7.62. The van der Waals surface area contributed by atoms with Crippen molar-refractivity contribution in [2.24, 2.45) is 0 Å². The Balaban J connectivity index is 1.58. The summed E-state index contributed by atoms with van der Waals surface area (Å²) in [5.41, 5.74) is 1.70. The van der Waals surface area contributed by atoms with Crippen LogP contribution in [0.25, 0.3) is 11.5 Å². The maximum Gasteiger partial charge on any atom is 0.230 e. The molecular weight excluding hydrogens is 308 g/mol. The van der Waals surface area contributed by atoms with E-state index in [2.05, 4.69) is 20.1 Å². The van der Waals surface area contributed by atoms with Crippen molar-refractivity contribution < 1.29 is 14.0 Å². The first kappa shape index (κ1) is 14.6. The zero-order valence-electron chi connectivity index (χ0n) is 13.3. The molecule has 4 rings (SSSR count). The van der Waals surface area contributed by atoms with Crippen molar-refractivity contribution in [2.75, 3.05) is 14.2 Å². The highest BCUT2D eigenvalue weighted by molar-refractivity contribution is 5.48. The van der Waals surface area contributed by atoms with Gasteiger partial charge in [0, 0.05) is 29.8 Å². The fourth-order valence-corrected chi connectivity index (χ4v) is 2.85. The molecule has 0 radical (unpaired) electrons. The topological polar surface area (TPSA) is 83.2 Å². The molecule has 0 N–H and O–H groups in total. The number of ether oxygens (including phenoxy) is 2. The summed E-state index contributed by atoms with van der Waals surface area (Å²) in [5.74, 6) is 3.19. The third-order valence-electron chi connectivity index (χ3n) is 4.18. The van der Waals surface area contributed by atoms with E-state index in [1.807, 2.05) is 18.2 Å². The number of nitrogens with zero attached hydrogens (tertiary/aromatic N) is 4. The molecule has 1 fully saturated rings. The van der Waals surface area contributed by atoms with Gasteiger partial charge in [0.25, 0.3) is 0 Å². The van der Waals surface area contributed by atoms with Crippen LogP contribution in [0, 0.1) is 0 Å². The van der Waals surface area contributed by atoms with Crippen LogP contribution in [0.15, 0.2) is 41.3 Å². The molecule has 0 unspecified atom stereocenters. The highest BCUT2D eigenvalue weighted by Crippen LogP contribution is 2.56. The summed E-state index contributed by atoms with van der Waals surface area (Å²) in [4.78, 5) is 12.7. The number of benzene rings is 1. The molecule has 0 spiro atoms. The lowest BCUT2D eigenvalue weighted by Gasteiger charge is -2.09. The normalized spacial score (nSPS) is 19.1. The van der Waals surface area contributed by atoms with Gasteiger partial charge in [0.2, 0.25) is 11.7 Å². The summed E-state index contributed by atoms with van der Waals surface area (Å²) < 4.78 is 16.2. The maximum atomic E-state index is 5.46. The van der Waals surface area contributed by atoms with Crippen LogP contribution in [0.5, 0.6) is 11.5 Å². The predicted octanol–water partition coefficient (Wildman–Crippen LogP) is 2.81. The largest absolute Gasteiger partial charge is 0.497 e. The Kier molecular flexibility index (Phi) is 3.60. The number of methoxy groups -OCH3 is 2. The van der Waals surface area contributed by atoms with Gasteiger partial charge in [-0.2, -0.15) is 4.98 Å².